The van der Waals surface area contributed by atoms with Gasteiger partial charge in [-0.15, -0.1) is 3.71 Å². The van der Waals surface area contributed by atoms with Gasteiger partial charge in [0.05, 0.1) is 9.79 Å². The Labute approximate surface area is 186 Å². The summed E-state index contributed by atoms with van der Waals surface area (Å²) in [4.78, 5) is -0.281. The first kappa shape index (κ1) is 21.2. The van der Waals surface area contributed by atoms with Gasteiger partial charge in [-0.1, -0.05) is 48.0 Å². The summed E-state index contributed by atoms with van der Waals surface area (Å²) < 4.78 is 56.4. The van der Waals surface area contributed by atoms with Crippen LogP contribution in [0.3, 0.4) is 0 Å². The van der Waals surface area contributed by atoms with Crippen molar-refractivity contribution in [3.63, 3.8) is 0 Å². The SMILES string of the molecule is O=S(=O)(c1ccccc1)N(c1cccn1-c1ccc(Cl)cc1)S(=O)(=O)c1ccccc1. The van der Waals surface area contributed by atoms with E-state index in [0.29, 0.717) is 14.4 Å². The van der Waals surface area contributed by atoms with Crippen molar-refractivity contribution in [3.8, 4) is 5.69 Å². The van der Waals surface area contributed by atoms with E-state index in [1.165, 1.54) is 34.9 Å². The minimum absolute atomic E-state index is 0.0463. The van der Waals surface area contributed by atoms with E-state index in [4.69, 9.17) is 11.6 Å². The third-order valence-corrected chi connectivity index (χ3v) is 8.95. The number of sulfonamides is 2. The smallest absolute Gasteiger partial charge is 0.278 e. The van der Waals surface area contributed by atoms with E-state index >= 15 is 0 Å². The molecule has 6 nitrogen and oxygen atoms in total. The van der Waals surface area contributed by atoms with Crippen LogP contribution >= 0.6 is 11.6 Å². The van der Waals surface area contributed by atoms with Gasteiger partial charge in [-0.05, 0) is 60.7 Å². The van der Waals surface area contributed by atoms with Crippen molar-refractivity contribution in [2.24, 2.45) is 0 Å². The van der Waals surface area contributed by atoms with Crippen LogP contribution in [0.25, 0.3) is 5.69 Å². The summed E-state index contributed by atoms with van der Waals surface area (Å²) in [7, 11) is -8.94. The Kier molecular flexibility index (Phi) is 5.62. The van der Waals surface area contributed by atoms with Gasteiger partial charge in [0.15, 0.2) is 0 Å². The molecule has 1 heterocycles. The standard InChI is InChI=1S/C22H17ClN2O4S2/c23-18-13-15-19(16-14-18)24-17-7-12-22(24)25(30(26,27)20-8-3-1-4-9-20)31(28,29)21-10-5-2-6-11-21/h1-17H. The van der Waals surface area contributed by atoms with Crippen LogP contribution in [0.15, 0.2) is 113 Å². The number of nitrogens with zero attached hydrogens (tertiary/aromatic N) is 2. The zero-order chi connectivity index (χ0) is 22.1. The molecule has 4 aromatic rings. The van der Waals surface area contributed by atoms with Gasteiger partial charge < -0.3 is 4.57 Å². The normalized spacial score (nSPS) is 11.9. The molecule has 1 aromatic heterocycles. The summed E-state index contributed by atoms with van der Waals surface area (Å²) in [5.41, 5.74) is 0.556. The second kappa shape index (κ2) is 8.22. The molecule has 0 radical (unpaired) electrons. The zero-order valence-electron chi connectivity index (χ0n) is 16.0. The second-order valence-electron chi connectivity index (χ2n) is 6.55. The summed E-state index contributed by atoms with van der Waals surface area (Å²) in [6, 6.07) is 24.6. The maximum Gasteiger partial charge on any atom is 0.278 e. The Morgan fingerprint density at radius 1 is 0.613 bits per heavy atom. The number of halogens is 1. The van der Waals surface area contributed by atoms with E-state index in [2.05, 4.69) is 0 Å². The van der Waals surface area contributed by atoms with Crippen molar-refractivity contribution >= 4 is 37.5 Å². The lowest BCUT2D eigenvalue weighted by Crippen LogP contribution is -2.38. The summed E-state index contributed by atoms with van der Waals surface area (Å²) >= 11 is 5.97. The van der Waals surface area contributed by atoms with Crippen LogP contribution in [0.5, 0.6) is 0 Å². The van der Waals surface area contributed by atoms with Gasteiger partial charge in [0.2, 0.25) is 0 Å². The number of hydrogen-bond acceptors (Lipinski definition) is 4. The quantitative estimate of drug-likeness (QED) is 0.407. The van der Waals surface area contributed by atoms with Crippen LogP contribution in [-0.4, -0.2) is 21.4 Å². The first-order valence-corrected chi connectivity index (χ1v) is 12.4. The highest BCUT2D eigenvalue weighted by atomic mass is 35.5. The molecule has 0 aliphatic rings. The monoisotopic (exact) mass is 472 g/mol. The fourth-order valence-electron chi connectivity index (χ4n) is 3.09. The van der Waals surface area contributed by atoms with E-state index < -0.39 is 20.0 Å². The lowest BCUT2D eigenvalue weighted by molar-refractivity contribution is 0.583. The molecule has 0 spiro atoms. The van der Waals surface area contributed by atoms with Gasteiger partial charge in [-0.3, -0.25) is 0 Å². The Morgan fingerprint density at radius 3 is 1.58 bits per heavy atom. The fraction of sp³-hybridized carbons (Fsp3) is 0. The van der Waals surface area contributed by atoms with E-state index in [1.807, 2.05) is 0 Å². The maximum absolute atomic E-state index is 13.6. The highest BCUT2D eigenvalue weighted by Gasteiger charge is 2.38. The van der Waals surface area contributed by atoms with Crippen LogP contribution in [-0.2, 0) is 20.0 Å². The van der Waals surface area contributed by atoms with Crippen molar-refractivity contribution in [1.29, 1.82) is 0 Å². The summed E-state index contributed by atoms with van der Waals surface area (Å²) in [6.07, 6.45) is 1.59. The molecule has 0 aliphatic carbocycles. The number of aromatic nitrogens is 1. The molecule has 0 fully saturated rings. The third-order valence-electron chi connectivity index (χ3n) is 4.54. The molecule has 0 atom stereocenters. The molecule has 4 rings (SSSR count). The Bertz CT molecular complexity index is 1330. The fourth-order valence-corrected chi connectivity index (χ4v) is 6.94. The van der Waals surface area contributed by atoms with Crippen LogP contribution in [0.4, 0.5) is 5.82 Å². The first-order chi connectivity index (χ1) is 14.8. The number of rotatable bonds is 6. The van der Waals surface area contributed by atoms with Gasteiger partial charge in [0.1, 0.15) is 5.82 Å². The molecule has 0 saturated carbocycles. The number of hydrogen-bond donors (Lipinski definition) is 0. The first-order valence-electron chi connectivity index (χ1n) is 9.16. The molecule has 158 valence electrons. The van der Waals surface area contributed by atoms with E-state index in [-0.39, 0.29) is 15.6 Å². The van der Waals surface area contributed by atoms with Crippen molar-refractivity contribution in [2.75, 3.05) is 3.71 Å². The van der Waals surface area contributed by atoms with Crippen molar-refractivity contribution in [3.05, 3.63) is 108 Å². The zero-order valence-corrected chi connectivity index (χ0v) is 18.4. The van der Waals surface area contributed by atoms with Gasteiger partial charge in [0.25, 0.3) is 20.0 Å². The lowest BCUT2D eigenvalue weighted by Gasteiger charge is -2.25. The Hall–Kier alpha value is -3.07. The van der Waals surface area contributed by atoms with Gasteiger partial charge in [-0.25, -0.2) is 0 Å². The highest BCUT2D eigenvalue weighted by Crippen LogP contribution is 2.33. The van der Waals surface area contributed by atoms with Crippen LogP contribution < -0.4 is 3.71 Å². The largest absolute Gasteiger partial charge is 0.302 e. The summed E-state index contributed by atoms with van der Waals surface area (Å²) in [5, 5.41) is 0.503. The van der Waals surface area contributed by atoms with Gasteiger partial charge in [0, 0.05) is 16.9 Å². The predicted octanol–water partition coefficient (Wildman–Crippen LogP) is 4.71. The minimum atomic E-state index is -4.47. The Morgan fingerprint density at radius 2 is 1.10 bits per heavy atom. The van der Waals surface area contributed by atoms with E-state index in [1.54, 1.807) is 72.9 Å². The molecule has 9 heteroatoms. The molecule has 0 bridgehead atoms. The topological polar surface area (TPSA) is 76.5 Å². The second-order valence-corrected chi connectivity index (χ2v) is 10.8. The molecule has 0 aliphatic heterocycles. The van der Waals surface area contributed by atoms with E-state index in [9.17, 15) is 16.8 Å². The molecular formula is C22H17ClN2O4S2. The van der Waals surface area contributed by atoms with Crippen LogP contribution in [0.2, 0.25) is 5.02 Å². The molecule has 0 unspecified atom stereocenters. The molecule has 0 amide bonds. The molecule has 3 aromatic carbocycles. The molecular weight excluding hydrogens is 456 g/mol. The minimum Gasteiger partial charge on any atom is -0.302 e. The Balaban J connectivity index is 1.98. The predicted molar refractivity (Wildman–Crippen MR) is 121 cm³/mol. The average molecular weight is 473 g/mol. The van der Waals surface area contributed by atoms with Crippen molar-refractivity contribution in [1.82, 2.24) is 4.57 Å². The van der Waals surface area contributed by atoms with Crippen LogP contribution in [0, 0.1) is 0 Å². The third kappa shape index (κ3) is 3.97. The molecule has 31 heavy (non-hydrogen) atoms. The maximum atomic E-state index is 13.6. The molecule has 0 saturated heterocycles. The van der Waals surface area contributed by atoms with Crippen molar-refractivity contribution < 1.29 is 16.8 Å². The number of benzene rings is 3. The summed E-state index contributed by atoms with van der Waals surface area (Å²) in [6.45, 7) is 0. The average Bonchev–Trinajstić information content (AvgIpc) is 3.24. The summed E-state index contributed by atoms with van der Waals surface area (Å²) in [5.74, 6) is -0.0463. The lowest BCUT2D eigenvalue weighted by atomic mass is 10.3. The molecule has 0 N–H and O–H groups in total. The van der Waals surface area contributed by atoms with Gasteiger partial charge >= 0.3 is 0 Å². The number of anilines is 1. The van der Waals surface area contributed by atoms with Crippen molar-refractivity contribution in [2.45, 2.75) is 9.79 Å². The van der Waals surface area contributed by atoms with Gasteiger partial charge in [-0.2, -0.15) is 16.8 Å². The van der Waals surface area contributed by atoms with Crippen LogP contribution in [0.1, 0.15) is 0 Å². The highest BCUT2D eigenvalue weighted by molar-refractivity contribution is 8.10. The van der Waals surface area contributed by atoms with E-state index in [0.717, 1.165) is 0 Å².